The van der Waals surface area contributed by atoms with Gasteiger partial charge in [0, 0.05) is 19.1 Å². The van der Waals surface area contributed by atoms with E-state index in [0.717, 1.165) is 5.56 Å². The summed E-state index contributed by atoms with van der Waals surface area (Å²) in [5, 5.41) is 0. The zero-order valence-corrected chi connectivity index (χ0v) is 12.7. The van der Waals surface area contributed by atoms with Crippen molar-refractivity contribution < 1.29 is 19.1 Å². The van der Waals surface area contributed by atoms with Gasteiger partial charge in [0.05, 0.1) is 12.2 Å². The van der Waals surface area contributed by atoms with Crippen LogP contribution in [0.2, 0.25) is 0 Å². The Hall–Kier alpha value is -2.46. The summed E-state index contributed by atoms with van der Waals surface area (Å²) < 4.78 is 10.4. The Kier molecular flexibility index (Phi) is 5.44. The molecule has 0 spiro atoms. The van der Waals surface area contributed by atoms with E-state index >= 15 is 0 Å². The van der Waals surface area contributed by atoms with Crippen molar-refractivity contribution in [2.45, 2.75) is 20.0 Å². The molecule has 0 heterocycles. The smallest absolute Gasteiger partial charge is 0.343 e. The summed E-state index contributed by atoms with van der Waals surface area (Å²) in [5.74, 6) is 0.0347. The van der Waals surface area contributed by atoms with Crippen LogP contribution >= 0.6 is 0 Å². The van der Waals surface area contributed by atoms with Crippen molar-refractivity contribution in [1.82, 2.24) is 0 Å². The maximum atomic E-state index is 12.1. The fourth-order valence-electron chi connectivity index (χ4n) is 2.03. The number of carbonyl (C=O) groups is 2. The van der Waals surface area contributed by atoms with Gasteiger partial charge in [-0.15, -0.1) is 0 Å². The van der Waals surface area contributed by atoms with Crippen molar-refractivity contribution in [2.24, 2.45) is 0 Å². The second-order valence-corrected chi connectivity index (χ2v) is 4.82. The van der Waals surface area contributed by atoms with E-state index in [-0.39, 0.29) is 5.78 Å². The molecule has 2 rings (SSSR count). The second-order valence-electron chi connectivity index (χ2n) is 4.82. The third-order valence-corrected chi connectivity index (χ3v) is 3.18. The highest BCUT2D eigenvalue weighted by Gasteiger charge is 2.10. The van der Waals surface area contributed by atoms with Gasteiger partial charge in [-0.2, -0.15) is 0 Å². The first-order valence-corrected chi connectivity index (χ1v) is 7.07. The van der Waals surface area contributed by atoms with E-state index in [4.69, 9.17) is 9.47 Å². The van der Waals surface area contributed by atoms with Crippen LogP contribution in [0.15, 0.2) is 48.5 Å². The summed E-state index contributed by atoms with van der Waals surface area (Å²) in [4.78, 5) is 23.7. The molecule has 0 aromatic heterocycles. The van der Waals surface area contributed by atoms with Gasteiger partial charge in [-0.3, -0.25) is 4.79 Å². The van der Waals surface area contributed by atoms with Gasteiger partial charge >= 0.3 is 5.97 Å². The third-order valence-electron chi connectivity index (χ3n) is 3.18. The number of hydrogen-bond acceptors (Lipinski definition) is 4. The van der Waals surface area contributed by atoms with Crippen molar-refractivity contribution in [3.05, 3.63) is 65.2 Å². The summed E-state index contributed by atoms with van der Waals surface area (Å²) >= 11 is 0. The first-order chi connectivity index (χ1) is 10.6. The second kappa shape index (κ2) is 7.52. The predicted molar refractivity (Wildman–Crippen MR) is 83.2 cm³/mol. The highest BCUT2D eigenvalue weighted by Crippen LogP contribution is 2.16. The molecule has 0 atom stereocenters. The summed E-state index contributed by atoms with van der Waals surface area (Å²) in [6.45, 7) is 2.25. The van der Waals surface area contributed by atoms with Crippen LogP contribution in [0, 0.1) is 0 Å². The predicted octanol–water partition coefficient (Wildman–Crippen LogP) is 3.64. The van der Waals surface area contributed by atoms with Gasteiger partial charge < -0.3 is 9.47 Å². The van der Waals surface area contributed by atoms with Crippen molar-refractivity contribution in [1.29, 1.82) is 0 Å². The number of methoxy groups -OCH3 is 1. The Labute approximate surface area is 129 Å². The minimum absolute atomic E-state index is 0.0603. The van der Waals surface area contributed by atoms with E-state index < -0.39 is 5.97 Å². The summed E-state index contributed by atoms with van der Waals surface area (Å²) in [6, 6.07) is 13.7. The average molecular weight is 298 g/mol. The van der Waals surface area contributed by atoms with Gasteiger partial charge in [-0.1, -0.05) is 19.1 Å². The molecular weight excluding hydrogens is 280 g/mol. The number of benzene rings is 2. The molecule has 2 aromatic carbocycles. The molecule has 0 amide bonds. The molecule has 114 valence electrons. The van der Waals surface area contributed by atoms with E-state index in [2.05, 4.69) is 0 Å². The van der Waals surface area contributed by atoms with Crippen molar-refractivity contribution in [2.75, 3.05) is 7.11 Å². The number of Topliss-reactive ketones (excluding diaryl/α,β-unsaturated/α-hetero) is 1. The molecule has 4 nitrogen and oxygen atoms in total. The molecule has 0 bridgehead atoms. The average Bonchev–Trinajstić information content (AvgIpc) is 2.55. The highest BCUT2D eigenvalue weighted by atomic mass is 16.5. The van der Waals surface area contributed by atoms with Gasteiger partial charge in [0.25, 0.3) is 0 Å². The molecule has 0 unspecified atom stereocenters. The van der Waals surface area contributed by atoms with Crippen molar-refractivity contribution in [3.8, 4) is 5.75 Å². The molecular formula is C18H18O4. The number of rotatable bonds is 6. The Morgan fingerprint density at radius 2 is 1.73 bits per heavy atom. The monoisotopic (exact) mass is 298 g/mol. The van der Waals surface area contributed by atoms with Gasteiger partial charge in [-0.05, 0) is 42.0 Å². The molecule has 2 aromatic rings. The fraction of sp³-hybridized carbons (Fsp3) is 0.222. The lowest BCUT2D eigenvalue weighted by atomic mass is 10.1. The Balaban J connectivity index is 2.08. The van der Waals surface area contributed by atoms with Crippen molar-refractivity contribution >= 4 is 11.8 Å². The lowest BCUT2D eigenvalue weighted by Crippen LogP contribution is -2.09. The van der Waals surface area contributed by atoms with Crippen LogP contribution < -0.4 is 4.74 Å². The number of ketones is 1. The van der Waals surface area contributed by atoms with Crippen LogP contribution in [0.4, 0.5) is 0 Å². The number of hydrogen-bond donors (Lipinski definition) is 0. The number of ether oxygens (including phenoxy) is 2. The SMILES string of the molecule is CCC(=O)c1ccc(OC(=O)c2cccc(COC)c2)cc1. The third kappa shape index (κ3) is 4.02. The van der Waals surface area contributed by atoms with Gasteiger partial charge in [0.1, 0.15) is 5.75 Å². The molecule has 0 aliphatic carbocycles. The van der Waals surface area contributed by atoms with Crippen LogP contribution in [0.3, 0.4) is 0 Å². The lowest BCUT2D eigenvalue weighted by molar-refractivity contribution is 0.0734. The minimum Gasteiger partial charge on any atom is -0.423 e. The summed E-state index contributed by atoms with van der Waals surface area (Å²) in [7, 11) is 1.60. The first-order valence-electron chi connectivity index (χ1n) is 7.07. The molecule has 0 radical (unpaired) electrons. The highest BCUT2D eigenvalue weighted by molar-refractivity contribution is 5.96. The molecule has 0 saturated heterocycles. The molecule has 0 saturated carbocycles. The molecule has 4 heteroatoms. The van der Waals surface area contributed by atoms with Crippen LogP contribution in [-0.4, -0.2) is 18.9 Å². The zero-order chi connectivity index (χ0) is 15.9. The number of esters is 1. The normalized spacial score (nSPS) is 10.3. The van der Waals surface area contributed by atoms with Crippen molar-refractivity contribution in [3.63, 3.8) is 0 Å². The topological polar surface area (TPSA) is 52.6 Å². The van der Waals surface area contributed by atoms with Gasteiger partial charge in [0.15, 0.2) is 5.78 Å². The molecule has 22 heavy (non-hydrogen) atoms. The van der Waals surface area contributed by atoms with Crippen LogP contribution in [0.25, 0.3) is 0 Å². The number of carbonyl (C=O) groups excluding carboxylic acids is 2. The van der Waals surface area contributed by atoms with E-state index in [1.807, 2.05) is 13.0 Å². The van der Waals surface area contributed by atoms with E-state index in [0.29, 0.717) is 29.9 Å². The van der Waals surface area contributed by atoms with Gasteiger partial charge in [-0.25, -0.2) is 4.79 Å². The van der Waals surface area contributed by atoms with Gasteiger partial charge in [0.2, 0.25) is 0 Å². The zero-order valence-electron chi connectivity index (χ0n) is 12.7. The first kappa shape index (κ1) is 15.9. The van der Waals surface area contributed by atoms with E-state index in [9.17, 15) is 9.59 Å². The van der Waals surface area contributed by atoms with E-state index in [1.165, 1.54) is 0 Å². The maximum Gasteiger partial charge on any atom is 0.343 e. The van der Waals surface area contributed by atoms with Crippen LogP contribution in [0.5, 0.6) is 5.75 Å². The minimum atomic E-state index is -0.437. The Morgan fingerprint density at radius 1 is 1.00 bits per heavy atom. The standard InChI is InChI=1S/C18H18O4/c1-3-17(19)14-7-9-16(10-8-14)22-18(20)15-6-4-5-13(11-15)12-21-2/h4-11H,3,12H2,1-2H3. The molecule has 0 aliphatic rings. The molecule has 0 N–H and O–H groups in total. The molecule has 0 aliphatic heterocycles. The van der Waals surface area contributed by atoms with Crippen LogP contribution in [0.1, 0.15) is 39.6 Å². The lowest BCUT2D eigenvalue weighted by Gasteiger charge is -2.06. The Morgan fingerprint density at radius 3 is 2.36 bits per heavy atom. The van der Waals surface area contributed by atoms with E-state index in [1.54, 1.807) is 49.6 Å². The quantitative estimate of drug-likeness (QED) is 0.464. The van der Waals surface area contributed by atoms with Crippen LogP contribution in [-0.2, 0) is 11.3 Å². The molecule has 0 fully saturated rings. The summed E-state index contributed by atoms with van der Waals surface area (Å²) in [5.41, 5.74) is 1.98. The maximum absolute atomic E-state index is 12.1. The fourth-order valence-corrected chi connectivity index (χ4v) is 2.03. The Bertz CT molecular complexity index is 659. The summed E-state index contributed by atoms with van der Waals surface area (Å²) in [6.07, 6.45) is 0.450. The largest absolute Gasteiger partial charge is 0.423 e.